The molecule has 3 nitrogen and oxygen atoms in total. The van der Waals surface area contributed by atoms with Crippen LogP contribution in [0.15, 0.2) is 18.3 Å². The van der Waals surface area contributed by atoms with Gasteiger partial charge in [0.25, 0.3) is 0 Å². The first-order valence-electron chi connectivity index (χ1n) is 7.42. The third kappa shape index (κ3) is 2.98. The largest absolute Gasteiger partial charge is 0.386 e. The maximum absolute atomic E-state index is 10.7. The third-order valence-corrected chi connectivity index (χ3v) is 4.88. The minimum atomic E-state index is -0.532. The predicted octanol–water partition coefficient (Wildman–Crippen LogP) is 2.97. The smallest absolute Gasteiger partial charge is 0.103 e. The van der Waals surface area contributed by atoms with Crippen molar-refractivity contribution < 1.29 is 5.11 Å². The molecule has 0 aliphatic heterocycles. The Bertz CT molecular complexity index is 394. The van der Waals surface area contributed by atoms with Crippen molar-refractivity contribution in [1.82, 2.24) is 4.98 Å². The van der Waals surface area contributed by atoms with Gasteiger partial charge in [0.05, 0.1) is 5.69 Å². The Labute approximate surface area is 116 Å². The Morgan fingerprint density at radius 2 is 2.11 bits per heavy atom. The number of nitrogens with zero attached hydrogens (tertiary/aromatic N) is 1. The standard InChI is InChI=1S/C16H26N2O/c1-3-13-6-8-16(11-17,9-7-13)15(19)14-5-4-12(2)10-18-14/h4-5,10,13,15,19H,3,6-9,11,17H2,1-2H3. The zero-order valence-corrected chi connectivity index (χ0v) is 12.1. The summed E-state index contributed by atoms with van der Waals surface area (Å²) < 4.78 is 0. The van der Waals surface area contributed by atoms with Crippen LogP contribution < -0.4 is 5.73 Å². The molecule has 1 aromatic heterocycles. The second-order valence-corrected chi connectivity index (χ2v) is 6.08. The minimum absolute atomic E-state index is 0.173. The number of aliphatic hydroxyl groups is 1. The van der Waals surface area contributed by atoms with Gasteiger partial charge in [0.1, 0.15) is 6.10 Å². The molecule has 0 spiro atoms. The van der Waals surface area contributed by atoms with Crippen LogP contribution in [0.3, 0.4) is 0 Å². The summed E-state index contributed by atoms with van der Waals surface area (Å²) in [5.74, 6) is 0.804. The van der Waals surface area contributed by atoms with Crippen molar-refractivity contribution in [1.29, 1.82) is 0 Å². The lowest BCUT2D eigenvalue weighted by atomic mass is 9.66. The van der Waals surface area contributed by atoms with E-state index in [-0.39, 0.29) is 5.41 Å². The molecule has 1 saturated carbocycles. The van der Waals surface area contributed by atoms with Crippen molar-refractivity contribution in [2.24, 2.45) is 17.1 Å². The number of hydrogen-bond donors (Lipinski definition) is 2. The van der Waals surface area contributed by atoms with Gasteiger partial charge in [-0.2, -0.15) is 0 Å². The van der Waals surface area contributed by atoms with E-state index in [9.17, 15) is 5.11 Å². The summed E-state index contributed by atoms with van der Waals surface area (Å²) in [6.07, 6.45) is 6.90. The van der Waals surface area contributed by atoms with E-state index in [1.807, 2.05) is 25.3 Å². The molecule has 0 bridgehead atoms. The average Bonchev–Trinajstić information content (AvgIpc) is 2.47. The normalized spacial score (nSPS) is 29.2. The van der Waals surface area contributed by atoms with Gasteiger partial charge >= 0.3 is 0 Å². The maximum atomic E-state index is 10.7. The molecule has 2 rings (SSSR count). The fourth-order valence-electron chi connectivity index (χ4n) is 3.20. The number of aryl methyl sites for hydroxylation is 1. The monoisotopic (exact) mass is 262 g/mol. The van der Waals surface area contributed by atoms with Crippen molar-refractivity contribution in [3.8, 4) is 0 Å². The zero-order chi connectivity index (χ0) is 13.9. The number of rotatable bonds is 4. The van der Waals surface area contributed by atoms with Gasteiger partial charge in [-0.1, -0.05) is 19.4 Å². The van der Waals surface area contributed by atoms with Crippen LogP contribution in [0, 0.1) is 18.3 Å². The molecule has 3 N–H and O–H groups in total. The summed E-state index contributed by atoms with van der Waals surface area (Å²) in [5, 5.41) is 10.7. The Kier molecular flexibility index (Phi) is 4.58. The number of pyridine rings is 1. The molecule has 1 atom stereocenters. The van der Waals surface area contributed by atoms with E-state index in [0.717, 1.165) is 30.0 Å². The van der Waals surface area contributed by atoms with E-state index in [0.29, 0.717) is 6.54 Å². The van der Waals surface area contributed by atoms with Gasteiger partial charge < -0.3 is 10.8 Å². The summed E-state index contributed by atoms with van der Waals surface area (Å²) in [6, 6.07) is 3.94. The molecular formula is C16H26N2O. The maximum Gasteiger partial charge on any atom is 0.103 e. The lowest BCUT2D eigenvalue weighted by molar-refractivity contribution is -0.0129. The van der Waals surface area contributed by atoms with Crippen LogP contribution in [0.5, 0.6) is 0 Å². The predicted molar refractivity (Wildman–Crippen MR) is 77.7 cm³/mol. The number of hydrogen-bond acceptors (Lipinski definition) is 3. The van der Waals surface area contributed by atoms with Crippen LogP contribution in [-0.2, 0) is 0 Å². The summed E-state index contributed by atoms with van der Waals surface area (Å²) in [6.45, 7) is 4.80. The van der Waals surface area contributed by atoms with Gasteiger partial charge in [0, 0.05) is 18.2 Å². The molecule has 0 aromatic carbocycles. The fourth-order valence-corrected chi connectivity index (χ4v) is 3.20. The molecule has 0 radical (unpaired) electrons. The van der Waals surface area contributed by atoms with Gasteiger partial charge in [0.2, 0.25) is 0 Å². The van der Waals surface area contributed by atoms with Gasteiger partial charge in [0.15, 0.2) is 0 Å². The molecule has 0 amide bonds. The van der Waals surface area contributed by atoms with Crippen molar-refractivity contribution >= 4 is 0 Å². The molecule has 1 fully saturated rings. The van der Waals surface area contributed by atoms with Crippen LogP contribution in [0.25, 0.3) is 0 Å². The summed E-state index contributed by atoms with van der Waals surface area (Å²) >= 11 is 0. The Morgan fingerprint density at radius 3 is 2.58 bits per heavy atom. The van der Waals surface area contributed by atoms with Gasteiger partial charge in [-0.05, 0) is 50.2 Å². The Morgan fingerprint density at radius 1 is 1.42 bits per heavy atom. The van der Waals surface area contributed by atoms with Crippen LogP contribution in [0.2, 0.25) is 0 Å². The van der Waals surface area contributed by atoms with E-state index in [4.69, 9.17) is 5.73 Å². The lowest BCUT2D eigenvalue weighted by Crippen LogP contribution is -2.40. The molecule has 106 valence electrons. The highest BCUT2D eigenvalue weighted by molar-refractivity contribution is 5.16. The quantitative estimate of drug-likeness (QED) is 0.877. The number of aromatic nitrogens is 1. The summed E-state index contributed by atoms with van der Waals surface area (Å²) in [4.78, 5) is 4.38. The van der Waals surface area contributed by atoms with Crippen molar-refractivity contribution in [3.05, 3.63) is 29.6 Å². The first kappa shape index (κ1) is 14.5. The van der Waals surface area contributed by atoms with Crippen LogP contribution in [0.4, 0.5) is 0 Å². The van der Waals surface area contributed by atoms with E-state index >= 15 is 0 Å². The van der Waals surface area contributed by atoms with Crippen molar-refractivity contribution in [3.63, 3.8) is 0 Å². The van der Waals surface area contributed by atoms with E-state index in [2.05, 4.69) is 11.9 Å². The van der Waals surface area contributed by atoms with Crippen LogP contribution >= 0.6 is 0 Å². The zero-order valence-electron chi connectivity index (χ0n) is 12.1. The highest BCUT2D eigenvalue weighted by atomic mass is 16.3. The Balaban J connectivity index is 2.15. The molecule has 1 aromatic rings. The van der Waals surface area contributed by atoms with E-state index < -0.39 is 6.10 Å². The SMILES string of the molecule is CCC1CCC(CN)(C(O)c2ccc(C)cn2)CC1. The van der Waals surface area contributed by atoms with Gasteiger partial charge in [-0.3, -0.25) is 4.98 Å². The topological polar surface area (TPSA) is 59.1 Å². The molecule has 1 unspecified atom stereocenters. The highest BCUT2D eigenvalue weighted by Gasteiger charge is 2.41. The van der Waals surface area contributed by atoms with E-state index in [1.54, 1.807) is 0 Å². The molecule has 1 aliphatic rings. The fraction of sp³-hybridized carbons (Fsp3) is 0.688. The first-order chi connectivity index (χ1) is 9.11. The number of nitrogens with two attached hydrogens (primary N) is 1. The minimum Gasteiger partial charge on any atom is -0.386 e. The molecule has 0 saturated heterocycles. The molecule has 3 heteroatoms. The molecular weight excluding hydrogens is 236 g/mol. The lowest BCUT2D eigenvalue weighted by Gasteiger charge is -2.42. The second-order valence-electron chi connectivity index (χ2n) is 6.08. The summed E-state index contributed by atoms with van der Waals surface area (Å²) in [7, 11) is 0. The molecule has 1 heterocycles. The second kappa shape index (κ2) is 6.02. The van der Waals surface area contributed by atoms with Crippen LogP contribution in [-0.4, -0.2) is 16.6 Å². The number of aliphatic hydroxyl groups excluding tert-OH is 1. The van der Waals surface area contributed by atoms with Crippen molar-refractivity contribution in [2.45, 2.75) is 52.1 Å². The van der Waals surface area contributed by atoms with Gasteiger partial charge in [-0.25, -0.2) is 0 Å². The van der Waals surface area contributed by atoms with Crippen LogP contribution in [0.1, 0.15) is 56.4 Å². The first-order valence-corrected chi connectivity index (χ1v) is 7.42. The third-order valence-electron chi connectivity index (χ3n) is 4.88. The van der Waals surface area contributed by atoms with Gasteiger partial charge in [-0.15, -0.1) is 0 Å². The average molecular weight is 262 g/mol. The molecule has 19 heavy (non-hydrogen) atoms. The summed E-state index contributed by atoms with van der Waals surface area (Å²) in [5.41, 5.74) is 7.72. The Hall–Kier alpha value is -0.930. The molecule has 1 aliphatic carbocycles. The van der Waals surface area contributed by atoms with Crippen molar-refractivity contribution in [2.75, 3.05) is 6.54 Å². The highest BCUT2D eigenvalue weighted by Crippen LogP contribution is 2.47. The van der Waals surface area contributed by atoms with E-state index in [1.165, 1.54) is 19.3 Å².